The largest absolute Gasteiger partial charge is 0.367 e. The Balaban J connectivity index is 2.29. The van der Waals surface area contributed by atoms with E-state index in [1.807, 2.05) is 0 Å². The summed E-state index contributed by atoms with van der Waals surface area (Å²) < 4.78 is 32.7. The molecule has 2 rings (SSSR count). The summed E-state index contributed by atoms with van der Waals surface area (Å²) in [6.07, 6.45) is 2.81. The summed E-state index contributed by atoms with van der Waals surface area (Å²) in [7, 11) is -2.05. The zero-order valence-electron chi connectivity index (χ0n) is 10.7. The predicted octanol–water partition coefficient (Wildman–Crippen LogP) is -1.31. The van der Waals surface area contributed by atoms with Crippen LogP contribution in [0.2, 0.25) is 0 Å². The number of primary amides is 1. The molecule has 1 aliphatic heterocycles. The van der Waals surface area contributed by atoms with Crippen LogP contribution in [-0.4, -0.2) is 53.5 Å². The average molecular weight is 288 g/mol. The van der Waals surface area contributed by atoms with Crippen molar-refractivity contribution in [3.63, 3.8) is 0 Å². The van der Waals surface area contributed by atoms with Crippen molar-refractivity contribution in [2.75, 3.05) is 19.7 Å². The van der Waals surface area contributed by atoms with E-state index >= 15 is 0 Å². The first-order valence-electron chi connectivity index (χ1n) is 5.68. The number of imidazole rings is 1. The lowest BCUT2D eigenvalue weighted by molar-refractivity contribution is -0.148. The summed E-state index contributed by atoms with van der Waals surface area (Å²) in [5, 5.41) is -0.0521. The topological polar surface area (TPSA) is 108 Å². The second-order valence-electron chi connectivity index (χ2n) is 4.66. The minimum absolute atomic E-state index is 0.0521. The van der Waals surface area contributed by atoms with E-state index in [1.54, 1.807) is 11.6 Å². The second kappa shape index (κ2) is 4.58. The van der Waals surface area contributed by atoms with Gasteiger partial charge in [-0.2, -0.15) is 4.31 Å². The number of carbonyl (C=O) groups is 1. The lowest BCUT2D eigenvalue weighted by atomic mass is 10.1. The molecule has 0 saturated carbocycles. The van der Waals surface area contributed by atoms with Gasteiger partial charge in [-0.05, 0) is 6.92 Å². The van der Waals surface area contributed by atoms with Gasteiger partial charge < -0.3 is 15.0 Å². The van der Waals surface area contributed by atoms with Gasteiger partial charge in [-0.15, -0.1) is 0 Å². The van der Waals surface area contributed by atoms with Crippen molar-refractivity contribution < 1.29 is 17.9 Å². The lowest BCUT2D eigenvalue weighted by Gasteiger charge is -2.37. The van der Waals surface area contributed by atoms with Gasteiger partial charge in [-0.3, -0.25) is 4.79 Å². The van der Waals surface area contributed by atoms with Gasteiger partial charge in [0.2, 0.25) is 0 Å². The lowest BCUT2D eigenvalue weighted by Crippen LogP contribution is -2.58. The summed E-state index contributed by atoms with van der Waals surface area (Å²) in [5.74, 6) is -0.687. The Morgan fingerprint density at radius 2 is 2.26 bits per heavy atom. The van der Waals surface area contributed by atoms with E-state index in [0.717, 1.165) is 0 Å². The van der Waals surface area contributed by atoms with Crippen molar-refractivity contribution in [1.82, 2.24) is 13.9 Å². The standard InChI is InChI=1S/C10H16N4O4S/c1-10(9(11)15)6-14(3-4-18-10)19(16,17)8-5-13(2)7-12-8/h5,7H,3-4,6H2,1-2H3,(H2,11,15). The highest BCUT2D eigenvalue weighted by molar-refractivity contribution is 7.89. The second-order valence-corrected chi connectivity index (χ2v) is 6.54. The van der Waals surface area contributed by atoms with Gasteiger partial charge in [-0.1, -0.05) is 0 Å². The molecule has 1 aromatic rings. The molecule has 0 spiro atoms. The van der Waals surface area contributed by atoms with Crippen LogP contribution in [0.1, 0.15) is 6.92 Å². The molecule has 8 nitrogen and oxygen atoms in total. The van der Waals surface area contributed by atoms with Crippen LogP contribution in [0.25, 0.3) is 0 Å². The summed E-state index contributed by atoms with van der Waals surface area (Å²) in [5.41, 5.74) is 3.94. The zero-order valence-corrected chi connectivity index (χ0v) is 11.6. The van der Waals surface area contributed by atoms with Gasteiger partial charge in [0.05, 0.1) is 19.5 Å². The molecule has 106 valence electrons. The van der Waals surface area contributed by atoms with Crippen LogP contribution in [0.5, 0.6) is 0 Å². The molecule has 0 aromatic carbocycles. The summed E-state index contributed by atoms with van der Waals surface area (Å²) in [4.78, 5) is 15.2. The van der Waals surface area contributed by atoms with E-state index in [-0.39, 0.29) is 24.7 Å². The molecular formula is C10H16N4O4S. The van der Waals surface area contributed by atoms with Crippen molar-refractivity contribution in [2.45, 2.75) is 17.6 Å². The minimum atomic E-state index is -3.73. The van der Waals surface area contributed by atoms with Gasteiger partial charge >= 0.3 is 0 Å². The monoisotopic (exact) mass is 288 g/mol. The van der Waals surface area contributed by atoms with E-state index in [1.165, 1.54) is 23.8 Å². The van der Waals surface area contributed by atoms with E-state index in [0.29, 0.717) is 0 Å². The van der Waals surface area contributed by atoms with Crippen molar-refractivity contribution in [2.24, 2.45) is 12.8 Å². The number of rotatable bonds is 3. The first kappa shape index (κ1) is 14.0. The number of sulfonamides is 1. The van der Waals surface area contributed by atoms with Crippen LogP contribution in [0.3, 0.4) is 0 Å². The number of nitrogens with two attached hydrogens (primary N) is 1. The molecule has 1 fully saturated rings. The normalized spacial score (nSPS) is 25.4. The quantitative estimate of drug-likeness (QED) is 0.742. The number of amides is 1. The Morgan fingerprint density at radius 3 is 2.79 bits per heavy atom. The molecule has 0 radical (unpaired) electrons. The zero-order chi connectivity index (χ0) is 14.3. The number of ether oxygens (including phenoxy) is 1. The SMILES string of the molecule is Cn1cnc(S(=O)(=O)N2CCOC(C)(C(N)=O)C2)c1. The fourth-order valence-electron chi connectivity index (χ4n) is 1.84. The van der Waals surface area contributed by atoms with Gasteiger partial charge in [0.1, 0.15) is 0 Å². The number of aromatic nitrogens is 2. The number of hydrogen-bond acceptors (Lipinski definition) is 5. The number of carbonyl (C=O) groups excluding carboxylic acids is 1. The summed E-state index contributed by atoms with van der Waals surface area (Å²) in [6, 6.07) is 0. The third-order valence-corrected chi connectivity index (χ3v) is 4.78. The highest BCUT2D eigenvalue weighted by Gasteiger charge is 2.42. The Hall–Kier alpha value is -1.45. The highest BCUT2D eigenvalue weighted by atomic mass is 32.2. The van der Waals surface area contributed by atoms with Crippen LogP contribution < -0.4 is 5.73 Å². The van der Waals surface area contributed by atoms with Crippen LogP contribution in [0.4, 0.5) is 0 Å². The molecule has 1 aliphatic rings. The van der Waals surface area contributed by atoms with Crippen molar-refractivity contribution in [3.8, 4) is 0 Å². The van der Waals surface area contributed by atoms with Crippen molar-refractivity contribution in [1.29, 1.82) is 0 Å². The molecule has 2 heterocycles. The van der Waals surface area contributed by atoms with E-state index < -0.39 is 21.5 Å². The van der Waals surface area contributed by atoms with Crippen LogP contribution >= 0.6 is 0 Å². The van der Waals surface area contributed by atoms with Gasteiger partial charge in [0.15, 0.2) is 10.6 Å². The Bertz CT molecular complexity index is 596. The highest BCUT2D eigenvalue weighted by Crippen LogP contribution is 2.22. The molecule has 1 amide bonds. The number of morpholine rings is 1. The summed E-state index contributed by atoms with van der Waals surface area (Å²) >= 11 is 0. The Kier molecular flexibility index (Phi) is 3.37. The van der Waals surface area contributed by atoms with Crippen LogP contribution in [0.15, 0.2) is 17.6 Å². The molecule has 0 aliphatic carbocycles. The summed E-state index contributed by atoms with van der Waals surface area (Å²) in [6.45, 7) is 1.66. The molecule has 1 atom stereocenters. The van der Waals surface area contributed by atoms with Gasteiger partial charge in [0, 0.05) is 19.8 Å². The molecule has 0 bridgehead atoms. The minimum Gasteiger partial charge on any atom is -0.367 e. The van der Waals surface area contributed by atoms with Crippen LogP contribution in [0, 0.1) is 0 Å². The van der Waals surface area contributed by atoms with E-state index in [9.17, 15) is 13.2 Å². The van der Waals surface area contributed by atoms with E-state index in [4.69, 9.17) is 10.5 Å². The third-order valence-electron chi connectivity index (χ3n) is 3.05. The maximum atomic E-state index is 12.4. The maximum Gasteiger partial charge on any atom is 0.262 e. The van der Waals surface area contributed by atoms with Gasteiger partial charge in [0.25, 0.3) is 15.9 Å². The Morgan fingerprint density at radius 1 is 1.58 bits per heavy atom. The third kappa shape index (κ3) is 2.48. The average Bonchev–Trinajstić information content (AvgIpc) is 2.76. The first-order chi connectivity index (χ1) is 8.75. The molecule has 1 unspecified atom stereocenters. The van der Waals surface area contributed by atoms with Crippen molar-refractivity contribution in [3.05, 3.63) is 12.5 Å². The number of hydrogen-bond donors (Lipinski definition) is 1. The molecule has 1 aromatic heterocycles. The molecule has 2 N–H and O–H groups in total. The van der Waals surface area contributed by atoms with Gasteiger partial charge in [-0.25, -0.2) is 13.4 Å². The fourth-order valence-corrected chi connectivity index (χ4v) is 3.32. The smallest absolute Gasteiger partial charge is 0.262 e. The molecular weight excluding hydrogens is 272 g/mol. The maximum absolute atomic E-state index is 12.4. The number of nitrogens with zero attached hydrogens (tertiary/aromatic N) is 3. The molecule has 1 saturated heterocycles. The number of aryl methyl sites for hydroxylation is 1. The van der Waals surface area contributed by atoms with E-state index in [2.05, 4.69) is 4.98 Å². The fraction of sp³-hybridized carbons (Fsp3) is 0.600. The molecule has 9 heteroatoms. The first-order valence-corrected chi connectivity index (χ1v) is 7.12. The Labute approximate surface area is 111 Å². The molecule has 19 heavy (non-hydrogen) atoms. The van der Waals surface area contributed by atoms with Crippen LogP contribution in [-0.2, 0) is 26.6 Å². The predicted molar refractivity (Wildman–Crippen MR) is 65.5 cm³/mol. The van der Waals surface area contributed by atoms with Crippen molar-refractivity contribution >= 4 is 15.9 Å².